The number of methoxy groups -OCH3 is 1. The molecule has 0 aliphatic rings. The largest absolute Gasteiger partial charge is 0.495 e. The summed E-state index contributed by atoms with van der Waals surface area (Å²) in [6.07, 6.45) is 0. The molecule has 0 amide bonds. The SMILES string of the molecule is COc1ccc(S(=O)(=O)Nc2c(F)cc(Cl)cc2Br)cc1S(=O)(=O)Nc1c(F)cc(Cl)cc1Br. The smallest absolute Gasteiger partial charge is 0.265 e. The quantitative estimate of drug-likeness (QED) is 0.301. The van der Waals surface area contributed by atoms with E-state index in [9.17, 15) is 25.6 Å². The van der Waals surface area contributed by atoms with Crippen molar-refractivity contribution >= 4 is 86.5 Å². The van der Waals surface area contributed by atoms with E-state index in [1.54, 1.807) is 0 Å². The predicted molar refractivity (Wildman–Crippen MR) is 133 cm³/mol. The van der Waals surface area contributed by atoms with Crippen LogP contribution in [0.15, 0.2) is 61.2 Å². The number of nitrogens with one attached hydrogen (secondary N) is 2. The van der Waals surface area contributed by atoms with Crippen molar-refractivity contribution in [2.45, 2.75) is 9.79 Å². The molecule has 3 rings (SSSR count). The second-order valence-corrected chi connectivity index (χ2v) is 12.4. The van der Waals surface area contributed by atoms with Gasteiger partial charge in [-0.2, -0.15) is 0 Å². The second-order valence-electron chi connectivity index (χ2n) is 6.51. The van der Waals surface area contributed by atoms with Crippen LogP contribution in [0.5, 0.6) is 5.75 Å². The number of hydrogen-bond donors (Lipinski definition) is 2. The molecule has 0 saturated heterocycles. The van der Waals surface area contributed by atoms with Crippen LogP contribution in [0, 0.1) is 11.6 Å². The molecule has 2 N–H and O–H groups in total. The van der Waals surface area contributed by atoms with Gasteiger partial charge in [0, 0.05) is 19.0 Å². The van der Waals surface area contributed by atoms with Gasteiger partial charge in [-0.05, 0) is 74.3 Å². The Morgan fingerprint density at radius 1 is 0.794 bits per heavy atom. The Kier molecular flexibility index (Phi) is 8.05. The molecule has 15 heteroatoms. The standard InChI is InChI=1S/C19H12Br2Cl2F2N2O5S2/c1-32-16-3-2-11(33(28,29)26-18-12(20)4-9(22)6-14(18)24)8-17(16)34(30,31)27-19-13(21)5-10(23)7-15(19)25/h2-8,26-27H,1H3. The maximum Gasteiger partial charge on any atom is 0.265 e. The van der Waals surface area contributed by atoms with Crippen LogP contribution >= 0.6 is 55.1 Å². The summed E-state index contributed by atoms with van der Waals surface area (Å²) in [5.41, 5.74) is -0.889. The van der Waals surface area contributed by atoms with Crippen molar-refractivity contribution in [3.8, 4) is 5.75 Å². The fraction of sp³-hybridized carbons (Fsp3) is 0.0526. The molecular formula is C19H12Br2Cl2F2N2O5S2. The number of anilines is 2. The number of rotatable bonds is 7. The molecule has 3 aromatic carbocycles. The maximum atomic E-state index is 14.3. The molecule has 182 valence electrons. The summed E-state index contributed by atoms with van der Waals surface area (Å²) in [5, 5.41) is 0.0430. The third-order valence-corrected chi connectivity index (χ3v) is 8.63. The van der Waals surface area contributed by atoms with Crippen LogP contribution in [0.2, 0.25) is 10.0 Å². The zero-order valence-electron chi connectivity index (χ0n) is 16.7. The molecular weight excluding hydrogens is 669 g/mol. The summed E-state index contributed by atoms with van der Waals surface area (Å²) in [5.74, 6) is -2.17. The third kappa shape index (κ3) is 5.77. The summed E-state index contributed by atoms with van der Waals surface area (Å²) in [6.45, 7) is 0. The Hall–Kier alpha value is -1.64. The van der Waals surface area contributed by atoms with E-state index in [-0.39, 0.29) is 24.7 Å². The number of ether oxygens (including phenoxy) is 1. The Morgan fingerprint density at radius 3 is 1.71 bits per heavy atom. The van der Waals surface area contributed by atoms with Crippen molar-refractivity contribution in [1.29, 1.82) is 0 Å². The van der Waals surface area contributed by atoms with E-state index in [0.717, 1.165) is 30.3 Å². The van der Waals surface area contributed by atoms with Gasteiger partial charge >= 0.3 is 0 Å². The van der Waals surface area contributed by atoms with Gasteiger partial charge in [0.2, 0.25) is 0 Å². The Balaban J connectivity index is 2.07. The highest BCUT2D eigenvalue weighted by atomic mass is 79.9. The molecule has 0 unspecified atom stereocenters. The molecule has 0 fully saturated rings. The van der Waals surface area contributed by atoms with Gasteiger partial charge in [0.1, 0.15) is 22.3 Å². The lowest BCUT2D eigenvalue weighted by molar-refractivity contribution is 0.402. The first kappa shape index (κ1) is 27.0. The lowest BCUT2D eigenvalue weighted by Gasteiger charge is -2.16. The van der Waals surface area contributed by atoms with Crippen molar-refractivity contribution in [3.63, 3.8) is 0 Å². The van der Waals surface area contributed by atoms with E-state index in [2.05, 4.69) is 31.9 Å². The molecule has 0 heterocycles. The van der Waals surface area contributed by atoms with Crippen molar-refractivity contribution < 1.29 is 30.4 Å². The van der Waals surface area contributed by atoms with Crippen molar-refractivity contribution in [1.82, 2.24) is 0 Å². The first-order chi connectivity index (χ1) is 15.7. The zero-order valence-corrected chi connectivity index (χ0v) is 23.0. The fourth-order valence-electron chi connectivity index (χ4n) is 2.70. The Bertz CT molecular complexity index is 1460. The molecule has 0 aliphatic carbocycles. The number of sulfonamides is 2. The number of hydrogen-bond acceptors (Lipinski definition) is 5. The molecule has 3 aromatic rings. The van der Waals surface area contributed by atoms with E-state index < -0.39 is 52.8 Å². The Morgan fingerprint density at radius 2 is 1.26 bits per heavy atom. The van der Waals surface area contributed by atoms with Gasteiger partial charge in [0.15, 0.2) is 0 Å². The minimum Gasteiger partial charge on any atom is -0.495 e. The average molecular weight is 681 g/mol. The van der Waals surface area contributed by atoms with Crippen LogP contribution in [0.4, 0.5) is 20.2 Å². The van der Waals surface area contributed by atoms with Gasteiger partial charge in [-0.25, -0.2) is 25.6 Å². The first-order valence-corrected chi connectivity index (χ1v) is 14.1. The van der Waals surface area contributed by atoms with E-state index in [0.29, 0.717) is 0 Å². The average Bonchev–Trinajstić information content (AvgIpc) is 2.73. The summed E-state index contributed by atoms with van der Waals surface area (Å²) in [6, 6.07) is 7.26. The maximum absolute atomic E-state index is 14.3. The predicted octanol–water partition coefficient (Wildman–Crippen LogP) is 6.41. The molecule has 0 radical (unpaired) electrons. The Labute approximate surface area is 220 Å². The van der Waals surface area contributed by atoms with Crippen molar-refractivity contribution in [2.24, 2.45) is 0 Å². The van der Waals surface area contributed by atoms with Gasteiger partial charge in [-0.3, -0.25) is 9.44 Å². The van der Waals surface area contributed by atoms with E-state index in [4.69, 9.17) is 27.9 Å². The van der Waals surface area contributed by atoms with Gasteiger partial charge in [0.05, 0.1) is 23.4 Å². The normalized spacial score (nSPS) is 11.9. The highest BCUT2D eigenvalue weighted by Gasteiger charge is 2.27. The van der Waals surface area contributed by atoms with Gasteiger partial charge < -0.3 is 4.74 Å². The minimum absolute atomic E-state index is 0.00792. The van der Waals surface area contributed by atoms with Crippen LogP contribution in [-0.4, -0.2) is 23.9 Å². The van der Waals surface area contributed by atoms with Gasteiger partial charge in [-0.1, -0.05) is 23.2 Å². The number of halogens is 6. The van der Waals surface area contributed by atoms with Crippen LogP contribution < -0.4 is 14.2 Å². The molecule has 0 aromatic heterocycles. The summed E-state index contributed by atoms with van der Waals surface area (Å²) < 4.78 is 89.7. The third-order valence-electron chi connectivity index (χ3n) is 4.22. The van der Waals surface area contributed by atoms with Gasteiger partial charge in [-0.15, -0.1) is 0 Å². The highest BCUT2D eigenvalue weighted by Crippen LogP contribution is 2.35. The first-order valence-electron chi connectivity index (χ1n) is 8.78. The number of benzene rings is 3. The van der Waals surface area contributed by atoms with E-state index in [1.807, 2.05) is 9.44 Å². The lowest BCUT2D eigenvalue weighted by Crippen LogP contribution is -2.18. The molecule has 34 heavy (non-hydrogen) atoms. The van der Waals surface area contributed by atoms with Crippen molar-refractivity contribution in [2.75, 3.05) is 16.6 Å². The lowest BCUT2D eigenvalue weighted by atomic mass is 10.3. The van der Waals surface area contributed by atoms with Crippen LogP contribution in [-0.2, 0) is 20.0 Å². The molecule has 0 aliphatic heterocycles. The van der Waals surface area contributed by atoms with Crippen LogP contribution in [0.1, 0.15) is 0 Å². The minimum atomic E-state index is -4.57. The van der Waals surface area contributed by atoms with Crippen LogP contribution in [0.25, 0.3) is 0 Å². The summed E-state index contributed by atoms with van der Waals surface area (Å²) in [4.78, 5) is -1.15. The highest BCUT2D eigenvalue weighted by molar-refractivity contribution is 9.11. The molecule has 7 nitrogen and oxygen atoms in total. The van der Waals surface area contributed by atoms with E-state index in [1.165, 1.54) is 19.2 Å². The second kappa shape index (κ2) is 10.2. The van der Waals surface area contributed by atoms with Crippen molar-refractivity contribution in [3.05, 3.63) is 73.1 Å². The van der Waals surface area contributed by atoms with E-state index >= 15 is 0 Å². The molecule has 0 spiro atoms. The zero-order chi connectivity index (χ0) is 25.4. The molecule has 0 saturated carbocycles. The topological polar surface area (TPSA) is 102 Å². The fourth-order valence-corrected chi connectivity index (χ4v) is 7.18. The molecule has 0 atom stereocenters. The van der Waals surface area contributed by atoms with Gasteiger partial charge in [0.25, 0.3) is 20.0 Å². The molecule has 0 bridgehead atoms. The summed E-state index contributed by atoms with van der Waals surface area (Å²) in [7, 11) is -7.89. The summed E-state index contributed by atoms with van der Waals surface area (Å²) >= 11 is 17.5. The van der Waals surface area contributed by atoms with Crippen LogP contribution in [0.3, 0.4) is 0 Å². The monoisotopic (exact) mass is 678 g/mol.